The molecule has 3 heterocycles. The molecule has 5 nitrogen and oxygen atoms in total. The molecule has 2 fully saturated rings. The number of aromatic nitrogens is 3. The summed E-state index contributed by atoms with van der Waals surface area (Å²) in [5.74, 6) is 0.645. The molecule has 0 spiro atoms. The third-order valence-electron chi connectivity index (χ3n) is 5.91. The third-order valence-corrected chi connectivity index (χ3v) is 5.91. The number of hydrogen-bond acceptors (Lipinski definition) is 4. The summed E-state index contributed by atoms with van der Waals surface area (Å²) in [6.07, 6.45) is -1.53. The largest absolute Gasteiger partial charge is 0.507 e. The number of nitrogens with zero attached hydrogens (tertiary/aromatic N) is 3. The fourth-order valence-electron chi connectivity index (χ4n) is 4.37. The number of rotatable bonds is 2. The fraction of sp³-hybridized carbons (Fsp3) is 0.400. The van der Waals surface area contributed by atoms with Gasteiger partial charge in [0.1, 0.15) is 5.75 Å². The van der Waals surface area contributed by atoms with E-state index < -0.39 is 17.5 Å². The number of alkyl halides is 3. The van der Waals surface area contributed by atoms with E-state index in [0.717, 1.165) is 37.2 Å². The lowest BCUT2D eigenvalue weighted by atomic mass is 9.71. The Bertz CT molecular complexity index is 1050. The van der Waals surface area contributed by atoms with Crippen LogP contribution in [0.3, 0.4) is 0 Å². The molecule has 3 atom stereocenters. The smallest absolute Gasteiger partial charge is 0.416 e. The summed E-state index contributed by atoms with van der Waals surface area (Å²) < 4.78 is 46.3. The number of hydrogen-bond donors (Lipinski definition) is 1. The number of benzene rings is 1. The number of fused-ring (bicyclic) bond motifs is 2. The van der Waals surface area contributed by atoms with Crippen LogP contribution in [-0.4, -0.2) is 33.1 Å². The molecule has 1 saturated carbocycles. The molecule has 28 heavy (non-hydrogen) atoms. The molecule has 1 aliphatic heterocycles. The summed E-state index contributed by atoms with van der Waals surface area (Å²) in [5.41, 5.74) is 0.631. The van der Waals surface area contributed by atoms with Crippen LogP contribution in [0.2, 0.25) is 0 Å². The summed E-state index contributed by atoms with van der Waals surface area (Å²) in [6, 6.07) is 5.59. The Balaban J connectivity index is 1.52. The highest BCUT2D eigenvalue weighted by atomic mass is 19.4. The first kappa shape index (κ1) is 17.5. The normalized spacial score (nSPS) is 24.4. The van der Waals surface area contributed by atoms with Gasteiger partial charge in [0.05, 0.1) is 23.9 Å². The molecular weight excluding hydrogens is 371 g/mol. The van der Waals surface area contributed by atoms with Crippen molar-refractivity contribution >= 4 is 11.0 Å². The number of phenolic OH excluding ortho intramolecular Hbond substituents is 1. The molecule has 146 valence electrons. The first-order valence-corrected chi connectivity index (χ1v) is 9.16. The van der Waals surface area contributed by atoms with Crippen molar-refractivity contribution in [2.24, 2.45) is 11.8 Å². The summed E-state index contributed by atoms with van der Waals surface area (Å²) in [4.78, 5) is 4.50. The lowest BCUT2D eigenvalue weighted by Gasteiger charge is -2.38. The minimum atomic E-state index is -4.51. The summed E-state index contributed by atoms with van der Waals surface area (Å²) in [6.45, 7) is 3.10. The lowest BCUT2D eigenvalue weighted by Crippen LogP contribution is -2.37. The topological polar surface area (TPSA) is 60.2 Å². The highest BCUT2D eigenvalue weighted by Crippen LogP contribution is 2.47. The molecule has 0 amide bonds. The number of halogens is 3. The molecule has 8 heteroatoms. The molecule has 1 N–H and O–H groups in total. The van der Waals surface area contributed by atoms with Gasteiger partial charge in [0.25, 0.3) is 0 Å². The Morgan fingerprint density at radius 3 is 2.75 bits per heavy atom. The van der Waals surface area contributed by atoms with Gasteiger partial charge in [-0.1, -0.05) is 0 Å². The number of pyridine rings is 1. The van der Waals surface area contributed by atoms with Crippen molar-refractivity contribution in [2.75, 3.05) is 13.2 Å². The summed E-state index contributed by atoms with van der Waals surface area (Å²) >= 11 is 0. The van der Waals surface area contributed by atoms with Crippen LogP contribution in [0.25, 0.3) is 22.3 Å². The Morgan fingerprint density at radius 1 is 1.21 bits per heavy atom. The van der Waals surface area contributed by atoms with Crippen LogP contribution >= 0.6 is 0 Å². The van der Waals surface area contributed by atoms with E-state index in [2.05, 4.69) is 10.1 Å². The molecule has 0 radical (unpaired) electrons. The average Bonchev–Trinajstić information content (AvgIpc) is 3.17. The van der Waals surface area contributed by atoms with Gasteiger partial charge in [0.2, 0.25) is 0 Å². The second-order valence-corrected chi connectivity index (χ2v) is 7.67. The third kappa shape index (κ3) is 2.66. The molecule has 2 aliphatic rings. The van der Waals surface area contributed by atoms with E-state index in [1.807, 2.05) is 16.9 Å². The van der Waals surface area contributed by atoms with E-state index >= 15 is 0 Å². The zero-order valence-corrected chi connectivity index (χ0v) is 15.1. The predicted molar refractivity (Wildman–Crippen MR) is 95.8 cm³/mol. The highest BCUT2D eigenvalue weighted by Gasteiger charge is 2.46. The van der Waals surface area contributed by atoms with Crippen LogP contribution in [0.5, 0.6) is 5.75 Å². The van der Waals surface area contributed by atoms with E-state index in [4.69, 9.17) is 4.74 Å². The van der Waals surface area contributed by atoms with Crippen LogP contribution in [-0.2, 0) is 10.9 Å². The summed E-state index contributed by atoms with van der Waals surface area (Å²) in [7, 11) is 0. The molecule has 1 saturated heterocycles. The minimum absolute atomic E-state index is 0.289. The highest BCUT2D eigenvalue weighted by molar-refractivity contribution is 5.80. The molecule has 5 rings (SSSR count). The van der Waals surface area contributed by atoms with Crippen LogP contribution in [0.1, 0.15) is 23.6 Å². The zero-order chi connectivity index (χ0) is 19.6. The molecular formula is C20H18F3N3O2. The fourth-order valence-corrected chi connectivity index (χ4v) is 4.37. The lowest BCUT2D eigenvalue weighted by molar-refractivity contribution is -0.137. The molecule has 1 aromatic carbocycles. The number of aromatic hydroxyl groups is 1. The van der Waals surface area contributed by atoms with Gasteiger partial charge in [0, 0.05) is 29.7 Å². The Morgan fingerprint density at radius 2 is 2.04 bits per heavy atom. The standard InChI is InChI=1S/C20H18F3N3O2/c1-10-4-13(20(21,22)23)6-17(27)18(10)15-3-2-11-7-26(25-19(11)24-15)16-5-12-8-28-9-14(12)16/h2-4,6-7,12,14,16,27H,5,8-9H2,1H3/t12-,14+,16-/m0/s1. The van der Waals surface area contributed by atoms with Crippen molar-refractivity contribution in [3.05, 3.63) is 41.6 Å². The maximum atomic E-state index is 13.0. The van der Waals surface area contributed by atoms with Crippen molar-refractivity contribution in [1.29, 1.82) is 0 Å². The molecule has 0 bridgehead atoms. The van der Waals surface area contributed by atoms with Gasteiger partial charge in [-0.25, -0.2) is 4.98 Å². The van der Waals surface area contributed by atoms with E-state index in [1.54, 1.807) is 6.07 Å². The van der Waals surface area contributed by atoms with Crippen molar-refractivity contribution in [2.45, 2.75) is 25.6 Å². The van der Waals surface area contributed by atoms with Gasteiger partial charge in [-0.15, -0.1) is 0 Å². The van der Waals surface area contributed by atoms with Crippen molar-refractivity contribution in [3.8, 4) is 17.0 Å². The van der Waals surface area contributed by atoms with Gasteiger partial charge in [-0.05, 0) is 49.1 Å². The first-order chi connectivity index (χ1) is 13.3. The van der Waals surface area contributed by atoms with Gasteiger partial charge in [-0.3, -0.25) is 4.68 Å². The SMILES string of the molecule is Cc1cc(C(F)(F)F)cc(O)c1-c1ccc2cn([C@H]3C[C@H]4COC[C@H]43)nc2n1. The van der Waals surface area contributed by atoms with Crippen molar-refractivity contribution in [1.82, 2.24) is 14.8 Å². The maximum Gasteiger partial charge on any atom is 0.416 e. The molecule has 2 aromatic heterocycles. The van der Waals surface area contributed by atoms with E-state index in [-0.39, 0.29) is 5.56 Å². The number of aryl methyl sites for hydroxylation is 1. The van der Waals surface area contributed by atoms with E-state index in [1.165, 1.54) is 6.92 Å². The van der Waals surface area contributed by atoms with Crippen molar-refractivity contribution in [3.63, 3.8) is 0 Å². The van der Waals surface area contributed by atoms with Crippen LogP contribution < -0.4 is 0 Å². The van der Waals surface area contributed by atoms with Gasteiger partial charge in [0.15, 0.2) is 5.65 Å². The van der Waals surface area contributed by atoms with Crippen LogP contribution in [0.4, 0.5) is 13.2 Å². The van der Waals surface area contributed by atoms with Crippen LogP contribution in [0, 0.1) is 18.8 Å². The minimum Gasteiger partial charge on any atom is -0.507 e. The summed E-state index contributed by atoms with van der Waals surface area (Å²) in [5, 5.41) is 15.7. The molecule has 1 aliphatic carbocycles. The number of phenols is 1. The van der Waals surface area contributed by atoms with Crippen molar-refractivity contribution < 1.29 is 23.0 Å². The quantitative estimate of drug-likeness (QED) is 0.708. The van der Waals surface area contributed by atoms with Gasteiger partial charge < -0.3 is 9.84 Å². The maximum absolute atomic E-state index is 13.0. The zero-order valence-electron chi connectivity index (χ0n) is 15.1. The number of ether oxygens (including phenoxy) is 1. The first-order valence-electron chi connectivity index (χ1n) is 9.16. The molecule has 0 unspecified atom stereocenters. The second kappa shape index (κ2) is 5.94. The Kier molecular flexibility index (Phi) is 3.71. The monoisotopic (exact) mass is 389 g/mol. The second-order valence-electron chi connectivity index (χ2n) is 7.67. The predicted octanol–water partition coefficient (Wildman–Crippen LogP) is 4.34. The Labute approximate surface area is 158 Å². The van der Waals surface area contributed by atoms with E-state index in [9.17, 15) is 18.3 Å². The van der Waals surface area contributed by atoms with Gasteiger partial charge in [-0.2, -0.15) is 18.3 Å². The van der Waals surface area contributed by atoms with E-state index in [0.29, 0.717) is 34.8 Å². The molecule has 3 aromatic rings. The van der Waals surface area contributed by atoms with Gasteiger partial charge >= 0.3 is 6.18 Å². The average molecular weight is 389 g/mol. The van der Waals surface area contributed by atoms with Crippen LogP contribution in [0.15, 0.2) is 30.5 Å². The Hall–Kier alpha value is -2.61.